The molecule has 2 heterocycles. The number of hydrogen-bond donors (Lipinski definition) is 2. The Morgan fingerprint density at radius 1 is 1.33 bits per heavy atom. The number of piperidine rings is 2. The van der Waals surface area contributed by atoms with Crippen molar-refractivity contribution in [3.05, 3.63) is 0 Å². The number of fused-ring (bicyclic) bond motifs is 1. The van der Waals surface area contributed by atoms with Gasteiger partial charge in [-0.25, -0.2) is 0 Å². The van der Waals surface area contributed by atoms with Crippen molar-refractivity contribution in [1.82, 2.24) is 9.80 Å². The van der Waals surface area contributed by atoms with Crippen molar-refractivity contribution in [3.63, 3.8) is 0 Å². The highest BCUT2D eigenvalue weighted by molar-refractivity contribution is 4.89. The SMILES string of the molecule is CN1CCCC2CN(CCC(C)(O)CN)CCC21. The lowest BCUT2D eigenvalue weighted by Gasteiger charge is -2.46. The molecule has 0 aromatic rings. The summed E-state index contributed by atoms with van der Waals surface area (Å²) in [5.74, 6) is 0.834. The minimum absolute atomic E-state index is 0.357. The fourth-order valence-electron chi connectivity index (χ4n) is 3.43. The van der Waals surface area contributed by atoms with E-state index in [1.807, 2.05) is 6.92 Å². The van der Waals surface area contributed by atoms with E-state index in [0.717, 1.165) is 24.9 Å². The first-order chi connectivity index (χ1) is 8.52. The van der Waals surface area contributed by atoms with Gasteiger partial charge in [-0.1, -0.05) is 0 Å². The Kier molecular flexibility index (Phi) is 4.64. The van der Waals surface area contributed by atoms with Crippen LogP contribution >= 0.6 is 0 Å². The summed E-state index contributed by atoms with van der Waals surface area (Å²) in [6, 6.07) is 0.796. The molecule has 0 aromatic carbocycles. The van der Waals surface area contributed by atoms with Crippen LogP contribution in [0.25, 0.3) is 0 Å². The van der Waals surface area contributed by atoms with Gasteiger partial charge in [-0.2, -0.15) is 0 Å². The number of nitrogens with zero attached hydrogens (tertiary/aromatic N) is 2. The predicted octanol–water partition coefficient (Wildman–Crippen LogP) is 0.502. The lowest BCUT2D eigenvalue weighted by atomic mass is 9.84. The van der Waals surface area contributed by atoms with E-state index in [1.165, 1.54) is 38.9 Å². The Labute approximate surface area is 111 Å². The van der Waals surface area contributed by atoms with Crippen molar-refractivity contribution in [3.8, 4) is 0 Å². The lowest BCUT2D eigenvalue weighted by Crippen LogP contribution is -2.53. The zero-order valence-electron chi connectivity index (χ0n) is 11.9. The van der Waals surface area contributed by atoms with Crippen molar-refractivity contribution in [2.45, 2.75) is 44.2 Å². The first-order valence-electron chi connectivity index (χ1n) is 7.37. The monoisotopic (exact) mass is 255 g/mol. The minimum Gasteiger partial charge on any atom is -0.389 e. The molecule has 2 aliphatic rings. The molecule has 4 nitrogen and oxygen atoms in total. The Morgan fingerprint density at radius 3 is 2.83 bits per heavy atom. The topological polar surface area (TPSA) is 52.7 Å². The van der Waals surface area contributed by atoms with Crippen LogP contribution in [0.4, 0.5) is 0 Å². The molecule has 18 heavy (non-hydrogen) atoms. The molecular formula is C14H29N3O. The van der Waals surface area contributed by atoms with Crippen LogP contribution in [-0.4, -0.2) is 66.3 Å². The Balaban J connectivity index is 1.80. The first-order valence-corrected chi connectivity index (χ1v) is 7.37. The molecule has 2 aliphatic heterocycles. The van der Waals surface area contributed by atoms with Gasteiger partial charge < -0.3 is 20.6 Å². The summed E-state index contributed by atoms with van der Waals surface area (Å²) in [6.07, 6.45) is 4.79. The van der Waals surface area contributed by atoms with E-state index in [0.29, 0.717) is 6.54 Å². The second kappa shape index (κ2) is 5.87. The maximum atomic E-state index is 9.97. The van der Waals surface area contributed by atoms with Crippen LogP contribution in [0, 0.1) is 5.92 Å². The highest BCUT2D eigenvalue weighted by Crippen LogP contribution is 2.29. The first kappa shape index (κ1) is 14.3. The molecule has 3 atom stereocenters. The summed E-state index contributed by atoms with van der Waals surface area (Å²) in [5.41, 5.74) is 4.88. The highest BCUT2D eigenvalue weighted by Gasteiger charge is 2.34. The van der Waals surface area contributed by atoms with Gasteiger partial charge in [-0.3, -0.25) is 0 Å². The molecule has 3 N–H and O–H groups in total. The largest absolute Gasteiger partial charge is 0.389 e. The van der Waals surface area contributed by atoms with Crippen LogP contribution in [0.3, 0.4) is 0 Å². The van der Waals surface area contributed by atoms with E-state index in [1.54, 1.807) is 0 Å². The highest BCUT2D eigenvalue weighted by atomic mass is 16.3. The lowest BCUT2D eigenvalue weighted by molar-refractivity contribution is 0.0139. The molecule has 106 valence electrons. The average molecular weight is 255 g/mol. The van der Waals surface area contributed by atoms with Crippen molar-refractivity contribution in [2.24, 2.45) is 11.7 Å². The zero-order chi connectivity index (χ0) is 13.2. The quantitative estimate of drug-likeness (QED) is 0.768. The molecule has 2 saturated heterocycles. The van der Waals surface area contributed by atoms with Crippen molar-refractivity contribution in [2.75, 3.05) is 39.8 Å². The average Bonchev–Trinajstić information content (AvgIpc) is 2.37. The molecule has 0 radical (unpaired) electrons. The maximum absolute atomic E-state index is 9.97. The molecule has 0 aromatic heterocycles. The van der Waals surface area contributed by atoms with E-state index < -0.39 is 5.60 Å². The van der Waals surface area contributed by atoms with Crippen LogP contribution < -0.4 is 5.73 Å². The third-order valence-corrected chi connectivity index (χ3v) is 4.84. The van der Waals surface area contributed by atoms with Gasteiger partial charge in [0.2, 0.25) is 0 Å². The molecule has 0 spiro atoms. The Hall–Kier alpha value is -0.160. The molecule has 2 rings (SSSR count). The number of aliphatic hydroxyl groups is 1. The van der Waals surface area contributed by atoms with E-state index in [9.17, 15) is 5.11 Å². The maximum Gasteiger partial charge on any atom is 0.0753 e. The summed E-state index contributed by atoms with van der Waals surface area (Å²) in [4.78, 5) is 5.06. The molecule has 2 fully saturated rings. The van der Waals surface area contributed by atoms with Crippen molar-refractivity contribution in [1.29, 1.82) is 0 Å². The summed E-state index contributed by atoms with van der Waals surface area (Å²) < 4.78 is 0. The molecule has 0 amide bonds. The summed E-state index contributed by atoms with van der Waals surface area (Å²) >= 11 is 0. The summed E-state index contributed by atoms with van der Waals surface area (Å²) in [5, 5.41) is 9.97. The molecular weight excluding hydrogens is 226 g/mol. The van der Waals surface area contributed by atoms with Crippen molar-refractivity contribution >= 4 is 0 Å². The molecule has 4 heteroatoms. The molecule has 3 unspecified atom stereocenters. The van der Waals surface area contributed by atoms with E-state index >= 15 is 0 Å². The fraction of sp³-hybridized carbons (Fsp3) is 1.00. The van der Waals surface area contributed by atoms with Crippen LogP contribution in [0.2, 0.25) is 0 Å². The molecule has 0 saturated carbocycles. The van der Waals surface area contributed by atoms with Gasteiger partial charge >= 0.3 is 0 Å². The normalized spacial score (nSPS) is 34.0. The Morgan fingerprint density at radius 2 is 2.11 bits per heavy atom. The van der Waals surface area contributed by atoms with Gasteiger partial charge in [0.1, 0.15) is 0 Å². The van der Waals surface area contributed by atoms with E-state index in [-0.39, 0.29) is 0 Å². The third-order valence-electron chi connectivity index (χ3n) is 4.84. The minimum atomic E-state index is -0.694. The second-order valence-electron chi connectivity index (χ2n) is 6.49. The third kappa shape index (κ3) is 3.44. The number of rotatable bonds is 4. The van der Waals surface area contributed by atoms with Crippen LogP contribution in [0.5, 0.6) is 0 Å². The number of likely N-dealkylation sites (tertiary alicyclic amines) is 2. The van der Waals surface area contributed by atoms with E-state index in [4.69, 9.17) is 5.73 Å². The second-order valence-corrected chi connectivity index (χ2v) is 6.49. The molecule has 0 bridgehead atoms. The fourth-order valence-corrected chi connectivity index (χ4v) is 3.43. The Bertz CT molecular complexity index is 270. The standard InChI is InChI=1S/C14H29N3O/c1-14(18,11-15)6-9-17-8-5-13-12(10-17)4-3-7-16(13)2/h12-13,18H,3-11,15H2,1-2H3. The van der Waals surface area contributed by atoms with E-state index in [2.05, 4.69) is 16.8 Å². The smallest absolute Gasteiger partial charge is 0.0753 e. The van der Waals surface area contributed by atoms with Gasteiger partial charge in [0, 0.05) is 25.7 Å². The van der Waals surface area contributed by atoms with Gasteiger partial charge in [0.15, 0.2) is 0 Å². The van der Waals surface area contributed by atoms with Crippen LogP contribution in [0.1, 0.15) is 32.6 Å². The van der Waals surface area contributed by atoms with Crippen LogP contribution in [-0.2, 0) is 0 Å². The van der Waals surface area contributed by atoms with Crippen LogP contribution in [0.15, 0.2) is 0 Å². The zero-order valence-corrected chi connectivity index (χ0v) is 11.9. The summed E-state index contributed by atoms with van der Waals surface area (Å²) in [6.45, 7) is 6.83. The molecule has 0 aliphatic carbocycles. The summed E-state index contributed by atoms with van der Waals surface area (Å²) in [7, 11) is 2.27. The van der Waals surface area contributed by atoms with Gasteiger partial charge in [-0.05, 0) is 58.7 Å². The number of hydrogen-bond acceptors (Lipinski definition) is 4. The number of nitrogens with two attached hydrogens (primary N) is 1. The van der Waals surface area contributed by atoms with Gasteiger partial charge in [0.25, 0.3) is 0 Å². The van der Waals surface area contributed by atoms with Gasteiger partial charge in [-0.15, -0.1) is 0 Å². The van der Waals surface area contributed by atoms with Crippen molar-refractivity contribution < 1.29 is 5.11 Å². The van der Waals surface area contributed by atoms with Gasteiger partial charge in [0.05, 0.1) is 5.60 Å². The predicted molar refractivity (Wildman–Crippen MR) is 74.5 cm³/mol.